The first-order valence-corrected chi connectivity index (χ1v) is 10.7. The number of Topliss-reactive ketones (excluding diaryl/α,β-unsaturated/α-hetero) is 1. The van der Waals surface area contributed by atoms with Crippen molar-refractivity contribution >= 4 is 47.3 Å². The molecule has 0 aromatic heterocycles. The number of unbranched alkanes of at least 4 members (excludes halogenated alkanes) is 14. The number of carboxylic acids is 2. The average molecular weight is 406 g/mol. The van der Waals surface area contributed by atoms with Gasteiger partial charge in [0.1, 0.15) is 5.57 Å². The molecule has 0 spiro atoms. The second kappa shape index (κ2) is 21.1. The quantitative estimate of drug-likeness (QED) is 0.0969. The zero-order chi connectivity index (χ0) is 20.3. The number of hydrogen-bond acceptors (Lipinski definition) is 3. The molecule has 0 unspecified atom stereocenters. The van der Waals surface area contributed by atoms with Crippen LogP contribution in [0.1, 0.15) is 110 Å². The van der Waals surface area contributed by atoms with Crippen LogP contribution in [0.25, 0.3) is 0 Å². The van der Waals surface area contributed by atoms with Gasteiger partial charge in [-0.2, -0.15) is 0 Å². The van der Waals surface area contributed by atoms with Crippen LogP contribution in [0.4, 0.5) is 0 Å². The van der Waals surface area contributed by atoms with Crippen LogP contribution in [0.15, 0.2) is 11.6 Å². The molecule has 5 nitrogen and oxygen atoms in total. The molecule has 0 saturated heterocycles. The number of ketones is 1. The minimum absolute atomic E-state index is 0. The van der Waals surface area contributed by atoms with E-state index in [9.17, 15) is 14.4 Å². The number of carbonyl (C=O) groups is 3. The van der Waals surface area contributed by atoms with Crippen molar-refractivity contribution in [2.45, 2.75) is 110 Å². The Labute approximate surface area is 192 Å². The minimum Gasteiger partial charge on any atom is -0.478 e. The van der Waals surface area contributed by atoms with Gasteiger partial charge in [-0.05, 0) is 6.42 Å². The number of aliphatic carboxylic acids is 2. The molecule has 0 heterocycles. The van der Waals surface area contributed by atoms with Crippen LogP contribution in [-0.4, -0.2) is 57.5 Å². The second-order valence-electron chi connectivity index (χ2n) is 7.32. The molecule has 28 heavy (non-hydrogen) atoms. The van der Waals surface area contributed by atoms with Crippen molar-refractivity contribution in [3.8, 4) is 0 Å². The summed E-state index contributed by atoms with van der Waals surface area (Å²) in [4.78, 5) is 33.2. The van der Waals surface area contributed by atoms with Gasteiger partial charge in [0.15, 0.2) is 5.78 Å². The zero-order valence-electron chi connectivity index (χ0n) is 18.0. The van der Waals surface area contributed by atoms with Crippen LogP contribution in [0.2, 0.25) is 0 Å². The van der Waals surface area contributed by atoms with E-state index in [4.69, 9.17) is 10.2 Å². The van der Waals surface area contributed by atoms with Crippen molar-refractivity contribution < 1.29 is 24.6 Å². The fourth-order valence-corrected chi connectivity index (χ4v) is 3.18. The summed E-state index contributed by atoms with van der Waals surface area (Å²) in [5, 5.41) is 17.5. The predicted molar refractivity (Wildman–Crippen MR) is 114 cm³/mol. The van der Waals surface area contributed by atoms with E-state index in [0.717, 1.165) is 19.3 Å². The summed E-state index contributed by atoms with van der Waals surface area (Å²) >= 11 is 0. The first-order valence-electron chi connectivity index (χ1n) is 10.7. The fraction of sp³-hybridized carbons (Fsp3) is 0.773. The van der Waals surface area contributed by atoms with Gasteiger partial charge in [0.2, 0.25) is 0 Å². The monoisotopic (exact) mass is 405 g/mol. The van der Waals surface area contributed by atoms with Gasteiger partial charge in [-0.3, -0.25) is 4.79 Å². The third-order valence-corrected chi connectivity index (χ3v) is 4.81. The van der Waals surface area contributed by atoms with Gasteiger partial charge in [0.25, 0.3) is 0 Å². The summed E-state index contributed by atoms with van der Waals surface area (Å²) in [6.45, 7) is 2.24. The normalized spacial score (nSPS) is 11.1. The second-order valence-corrected chi connectivity index (χ2v) is 7.32. The maximum absolute atomic E-state index is 11.7. The van der Waals surface area contributed by atoms with Crippen molar-refractivity contribution in [2.24, 2.45) is 0 Å². The Balaban J connectivity index is 0. The molecule has 0 aromatic rings. The number of carboxylic acid groups (broad SMARTS) is 2. The average Bonchev–Trinajstić information content (AvgIpc) is 2.62. The summed E-state index contributed by atoms with van der Waals surface area (Å²) < 4.78 is 0. The van der Waals surface area contributed by atoms with Gasteiger partial charge >= 0.3 is 11.9 Å². The maximum atomic E-state index is 11.7. The molecule has 0 amide bonds. The van der Waals surface area contributed by atoms with Gasteiger partial charge in [-0.25, -0.2) is 9.59 Å². The molecule has 0 fully saturated rings. The van der Waals surface area contributed by atoms with E-state index in [2.05, 4.69) is 6.92 Å². The van der Waals surface area contributed by atoms with Crippen molar-refractivity contribution in [3.63, 3.8) is 0 Å². The van der Waals surface area contributed by atoms with Crippen LogP contribution >= 0.6 is 0 Å². The molecular formula is C22H38NaO5. The molecule has 0 aliphatic carbocycles. The summed E-state index contributed by atoms with van der Waals surface area (Å²) in [6.07, 6.45) is 18.9. The number of rotatable bonds is 19. The van der Waals surface area contributed by atoms with E-state index in [1.807, 2.05) is 0 Å². The van der Waals surface area contributed by atoms with Gasteiger partial charge < -0.3 is 10.2 Å². The topological polar surface area (TPSA) is 91.7 Å². The third kappa shape index (κ3) is 18.7. The smallest absolute Gasteiger partial charge is 0.339 e. The first-order chi connectivity index (χ1) is 13.0. The van der Waals surface area contributed by atoms with Crippen LogP contribution < -0.4 is 0 Å². The Morgan fingerprint density at radius 1 is 0.643 bits per heavy atom. The summed E-state index contributed by atoms with van der Waals surface area (Å²) in [5.41, 5.74) is -0.632. The molecule has 2 N–H and O–H groups in total. The molecule has 1 radical (unpaired) electrons. The molecule has 0 saturated carbocycles. The molecule has 0 rings (SSSR count). The Morgan fingerprint density at radius 2 is 1.00 bits per heavy atom. The van der Waals surface area contributed by atoms with Gasteiger partial charge in [0, 0.05) is 42.1 Å². The minimum atomic E-state index is -1.47. The predicted octanol–water partition coefficient (Wildman–Crippen LogP) is 5.53. The SMILES string of the molecule is CCCCCCCCCCCCCCCCCC(=O)C(=CC(=O)O)C(=O)O.[Na]. The standard InChI is InChI=1S/C22H38O5.Na/c1-2-3-4-5-6-7-8-9-10-11-12-13-14-15-16-17-20(23)19(22(26)27)18-21(24)25;/h18H,2-17H2,1H3,(H,24,25)(H,26,27);. The van der Waals surface area contributed by atoms with Crippen LogP contribution in [-0.2, 0) is 14.4 Å². The Kier molecular flexibility index (Phi) is 22.2. The molecule has 0 aromatic carbocycles. The van der Waals surface area contributed by atoms with Gasteiger partial charge in [0.05, 0.1) is 0 Å². The molecule has 0 aliphatic heterocycles. The van der Waals surface area contributed by atoms with Gasteiger partial charge in [-0.1, -0.05) is 96.8 Å². The van der Waals surface area contributed by atoms with E-state index in [1.165, 1.54) is 70.6 Å². The van der Waals surface area contributed by atoms with Crippen LogP contribution in [0, 0.1) is 0 Å². The Hall–Kier alpha value is -0.650. The van der Waals surface area contributed by atoms with Crippen molar-refractivity contribution in [1.29, 1.82) is 0 Å². The van der Waals surface area contributed by atoms with E-state index in [0.29, 0.717) is 12.5 Å². The van der Waals surface area contributed by atoms with E-state index in [1.54, 1.807) is 0 Å². The van der Waals surface area contributed by atoms with E-state index < -0.39 is 23.3 Å². The summed E-state index contributed by atoms with van der Waals surface area (Å²) in [6, 6.07) is 0. The van der Waals surface area contributed by atoms with Crippen LogP contribution in [0.3, 0.4) is 0 Å². The van der Waals surface area contributed by atoms with Crippen molar-refractivity contribution in [1.82, 2.24) is 0 Å². The summed E-state index contributed by atoms with van der Waals surface area (Å²) in [5.74, 6) is -3.47. The summed E-state index contributed by atoms with van der Waals surface area (Å²) in [7, 11) is 0. The zero-order valence-corrected chi connectivity index (χ0v) is 20.0. The van der Waals surface area contributed by atoms with E-state index in [-0.39, 0.29) is 36.0 Å². The first kappa shape index (κ1) is 29.6. The Morgan fingerprint density at radius 3 is 1.32 bits per heavy atom. The number of hydrogen-bond donors (Lipinski definition) is 2. The van der Waals surface area contributed by atoms with Gasteiger partial charge in [-0.15, -0.1) is 0 Å². The molecule has 6 heteroatoms. The maximum Gasteiger partial charge on any atom is 0.339 e. The molecule has 0 aliphatic rings. The van der Waals surface area contributed by atoms with E-state index >= 15 is 0 Å². The van der Waals surface area contributed by atoms with Crippen molar-refractivity contribution in [2.75, 3.05) is 0 Å². The fourth-order valence-electron chi connectivity index (χ4n) is 3.18. The molecular weight excluding hydrogens is 367 g/mol. The van der Waals surface area contributed by atoms with Crippen LogP contribution in [0.5, 0.6) is 0 Å². The number of carbonyl (C=O) groups excluding carboxylic acids is 1. The molecule has 157 valence electrons. The third-order valence-electron chi connectivity index (χ3n) is 4.81. The molecule has 0 atom stereocenters. The molecule has 0 bridgehead atoms. The van der Waals surface area contributed by atoms with Crippen molar-refractivity contribution in [3.05, 3.63) is 11.6 Å². The Bertz CT molecular complexity index is 460. The largest absolute Gasteiger partial charge is 0.478 e.